The maximum absolute atomic E-state index is 12.3. The van der Waals surface area contributed by atoms with Crippen molar-refractivity contribution in [1.29, 1.82) is 0 Å². The molecule has 2 rings (SSSR count). The van der Waals surface area contributed by atoms with E-state index in [1.807, 2.05) is 6.07 Å². The molecule has 8 heteroatoms. The van der Waals surface area contributed by atoms with E-state index in [4.69, 9.17) is 0 Å². The Hall–Kier alpha value is -2.03. The molecule has 0 spiro atoms. The van der Waals surface area contributed by atoms with Crippen molar-refractivity contribution in [2.45, 2.75) is 18.1 Å². The minimum Gasteiger partial charge on any atom is -0.348 e. The fourth-order valence-corrected chi connectivity index (χ4v) is 3.79. The molecule has 140 valence electrons. The van der Waals surface area contributed by atoms with Crippen LogP contribution >= 0.6 is 0 Å². The van der Waals surface area contributed by atoms with E-state index in [0.717, 1.165) is 11.1 Å². The lowest BCUT2D eigenvalue weighted by molar-refractivity contribution is 0.0951. The van der Waals surface area contributed by atoms with E-state index in [9.17, 15) is 17.4 Å². The van der Waals surface area contributed by atoms with Crippen molar-refractivity contribution in [3.8, 4) is 0 Å². The predicted octanol–water partition coefficient (Wildman–Crippen LogP) is 1.54. The summed E-state index contributed by atoms with van der Waals surface area (Å²) in [5, 5.41) is 2.83. The zero-order valence-electron chi connectivity index (χ0n) is 14.7. The number of amides is 1. The molecule has 0 saturated heterocycles. The highest BCUT2D eigenvalue weighted by molar-refractivity contribution is 7.88. The zero-order valence-corrected chi connectivity index (χ0v) is 16.3. The third-order valence-electron chi connectivity index (χ3n) is 3.70. The van der Waals surface area contributed by atoms with E-state index in [1.165, 1.54) is 7.05 Å². The van der Waals surface area contributed by atoms with Crippen molar-refractivity contribution in [2.75, 3.05) is 13.3 Å². The summed E-state index contributed by atoms with van der Waals surface area (Å²) in [6.07, 6.45) is 1.62. The average molecular weight is 395 g/mol. The second-order valence-electron chi connectivity index (χ2n) is 5.88. The number of carbonyl (C=O) groups excluding carboxylic acids is 1. The van der Waals surface area contributed by atoms with E-state index in [1.54, 1.807) is 48.7 Å². The van der Waals surface area contributed by atoms with Crippen molar-refractivity contribution in [1.82, 2.24) is 10.0 Å². The van der Waals surface area contributed by atoms with Crippen LogP contribution in [0, 0.1) is 0 Å². The Bertz CT molecular complexity index is 894. The van der Waals surface area contributed by atoms with Gasteiger partial charge in [0.1, 0.15) is 0 Å². The molecular formula is C18H22N2O4S2. The smallest absolute Gasteiger partial charge is 0.251 e. The molecule has 26 heavy (non-hydrogen) atoms. The quantitative estimate of drug-likeness (QED) is 0.710. The lowest BCUT2D eigenvalue weighted by Crippen LogP contribution is -2.23. The van der Waals surface area contributed by atoms with Crippen LogP contribution in [0.15, 0.2) is 48.5 Å². The topological polar surface area (TPSA) is 92.3 Å². The fourth-order valence-electron chi connectivity index (χ4n) is 2.37. The number of carbonyl (C=O) groups is 1. The van der Waals surface area contributed by atoms with E-state index in [2.05, 4.69) is 10.0 Å². The van der Waals surface area contributed by atoms with E-state index in [-0.39, 0.29) is 11.7 Å². The minimum absolute atomic E-state index is 0.0816. The molecule has 0 aliphatic rings. The van der Waals surface area contributed by atoms with Gasteiger partial charge < -0.3 is 5.32 Å². The van der Waals surface area contributed by atoms with E-state index in [0.29, 0.717) is 23.4 Å². The molecule has 0 bridgehead atoms. The Morgan fingerprint density at radius 1 is 1.04 bits per heavy atom. The monoisotopic (exact) mass is 394 g/mol. The molecule has 1 unspecified atom stereocenters. The number of benzene rings is 2. The van der Waals surface area contributed by atoms with Crippen LogP contribution in [0.1, 0.15) is 27.0 Å². The van der Waals surface area contributed by atoms with Crippen LogP contribution < -0.4 is 10.0 Å². The molecule has 2 aromatic carbocycles. The molecular weight excluding hydrogens is 372 g/mol. The predicted molar refractivity (Wildman–Crippen MR) is 104 cm³/mol. The molecule has 0 radical (unpaired) electrons. The van der Waals surface area contributed by atoms with Gasteiger partial charge in [0, 0.05) is 34.9 Å². The van der Waals surface area contributed by atoms with Gasteiger partial charge in [0.05, 0.1) is 5.75 Å². The number of rotatable bonds is 8. The van der Waals surface area contributed by atoms with Crippen LogP contribution in [0.2, 0.25) is 0 Å². The number of nitrogens with one attached hydrogen (secondary N) is 2. The summed E-state index contributed by atoms with van der Waals surface area (Å²) >= 11 is 0. The lowest BCUT2D eigenvalue weighted by Gasteiger charge is -2.08. The molecule has 1 amide bonds. The summed E-state index contributed by atoms with van der Waals surface area (Å²) in [6.45, 7) is 0.335. The van der Waals surface area contributed by atoms with Crippen molar-refractivity contribution in [3.05, 3.63) is 70.8 Å². The first-order valence-electron chi connectivity index (χ1n) is 7.95. The molecule has 0 aliphatic carbocycles. The molecule has 0 heterocycles. The summed E-state index contributed by atoms with van der Waals surface area (Å²) < 4.78 is 36.6. The van der Waals surface area contributed by atoms with Gasteiger partial charge in [0.15, 0.2) is 0 Å². The highest BCUT2D eigenvalue weighted by Gasteiger charge is 2.09. The summed E-state index contributed by atoms with van der Waals surface area (Å²) in [6, 6.07) is 14.1. The number of hydrogen-bond acceptors (Lipinski definition) is 4. The van der Waals surface area contributed by atoms with E-state index >= 15 is 0 Å². The summed E-state index contributed by atoms with van der Waals surface area (Å²) in [7, 11) is -2.88. The van der Waals surface area contributed by atoms with Crippen molar-refractivity contribution >= 4 is 26.7 Å². The van der Waals surface area contributed by atoms with Gasteiger partial charge in [0.2, 0.25) is 10.0 Å². The maximum Gasteiger partial charge on any atom is 0.251 e. The maximum atomic E-state index is 12.3. The molecule has 6 nitrogen and oxygen atoms in total. The Labute approximate surface area is 156 Å². The summed E-state index contributed by atoms with van der Waals surface area (Å²) in [5.74, 6) is 0.121. The molecule has 0 fully saturated rings. The van der Waals surface area contributed by atoms with E-state index < -0.39 is 20.8 Å². The van der Waals surface area contributed by atoms with Gasteiger partial charge in [0.25, 0.3) is 5.91 Å². The van der Waals surface area contributed by atoms with Gasteiger partial charge in [-0.05, 0) is 35.9 Å². The molecule has 0 aromatic heterocycles. The van der Waals surface area contributed by atoms with Gasteiger partial charge in [-0.15, -0.1) is 0 Å². The Morgan fingerprint density at radius 2 is 1.69 bits per heavy atom. The Kier molecular flexibility index (Phi) is 7.07. The van der Waals surface area contributed by atoms with Gasteiger partial charge in [-0.2, -0.15) is 0 Å². The Morgan fingerprint density at radius 3 is 2.31 bits per heavy atom. The van der Waals surface area contributed by atoms with Gasteiger partial charge >= 0.3 is 0 Å². The van der Waals surface area contributed by atoms with Gasteiger partial charge in [-0.3, -0.25) is 9.00 Å². The Balaban J connectivity index is 1.96. The van der Waals surface area contributed by atoms with Crippen LogP contribution in [0.5, 0.6) is 0 Å². The minimum atomic E-state index is -3.30. The first-order valence-corrected chi connectivity index (χ1v) is 11.3. The van der Waals surface area contributed by atoms with Crippen LogP contribution in [0.4, 0.5) is 0 Å². The molecule has 0 aliphatic heterocycles. The lowest BCUT2D eigenvalue weighted by atomic mass is 10.1. The SMILES string of the molecule is CNS(=O)(=O)Cc1ccc(CNC(=O)c2cccc(CS(C)=O)c2)cc1. The third-order valence-corrected chi connectivity index (χ3v) is 5.78. The van der Waals surface area contributed by atoms with Crippen molar-refractivity contribution < 1.29 is 17.4 Å². The second kappa shape index (κ2) is 9.07. The van der Waals surface area contributed by atoms with Crippen LogP contribution in [0.3, 0.4) is 0 Å². The highest BCUT2D eigenvalue weighted by atomic mass is 32.2. The first-order chi connectivity index (χ1) is 12.3. The average Bonchev–Trinajstić information content (AvgIpc) is 2.60. The number of hydrogen-bond donors (Lipinski definition) is 2. The molecule has 1 atom stereocenters. The van der Waals surface area contributed by atoms with Crippen LogP contribution in [-0.2, 0) is 38.9 Å². The molecule has 0 saturated carbocycles. The number of sulfonamides is 1. The summed E-state index contributed by atoms with van der Waals surface area (Å²) in [4.78, 5) is 12.3. The summed E-state index contributed by atoms with van der Waals surface area (Å²) in [5.41, 5.74) is 2.92. The normalized spacial score (nSPS) is 12.5. The fraction of sp³-hybridized carbons (Fsp3) is 0.278. The first kappa shape index (κ1) is 20.3. The van der Waals surface area contributed by atoms with Gasteiger partial charge in [-0.1, -0.05) is 36.4 Å². The highest BCUT2D eigenvalue weighted by Crippen LogP contribution is 2.10. The van der Waals surface area contributed by atoms with Gasteiger partial charge in [-0.25, -0.2) is 13.1 Å². The van der Waals surface area contributed by atoms with Crippen LogP contribution in [-0.4, -0.2) is 31.8 Å². The molecule has 2 aromatic rings. The molecule has 2 N–H and O–H groups in total. The van der Waals surface area contributed by atoms with Crippen molar-refractivity contribution in [3.63, 3.8) is 0 Å². The standard InChI is InChI=1S/C18H22N2O4S2/c1-19-26(23,24)13-15-8-6-14(7-9-15)11-20-18(21)17-5-3-4-16(10-17)12-25(2)22/h3-10,19H,11-13H2,1-2H3,(H,20,21). The van der Waals surface area contributed by atoms with Crippen molar-refractivity contribution in [2.24, 2.45) is 0 Å². The second-order valence-corrected chi connectivity index (χ2v) is 9.24. The largest absolute Gasteiger partial charge is 0.348 e. The third kappa shape index (κ3) is 6.36. The van der Waals surface area contributed by atoms with Crippen LogP contribution in [0.25, 0.3) is 0 Å². The zero-order chi connectivity index (χ0) is 19.2.